The normalized spacial score (nSPS) is 10.8. The number of thiophene rings is 1. The Balaban J connectivity index is 2.14. The van der Waals surface area contributed by atoms with Crippen molar-refractivity contribution in [3.63, 3.8) is 0 Å². The summed E-state index contributed by atoms with van der Waals surface area (Å²) in [6.07, 6.45) is 1.84. The van der Waals surface area contributed by atoms with Crippen molar-refractivity contribution in [3.05, 3.63) is 35.0 Å². The first-order chi connectivity index (χ1) is 12.0. The standard InChI is InChI=1S/C16H15FN4O2S2/c1-3-23-15(22)12-11(18)10-13(19-9-6-4-5-8(17)7-9)20-16(24-2)21-14(10)25-12/h4-7H,3,18H2,1-2H3,(H,19,20,21). The third-order valence-electron chi connectivity index (χ3n) is 3.30. The Labute approximate surface area is 151 Å². The maximum absolute atomic E-state index is 13.4. The van der Waals surface area contributed by atoms with E-state index >= 15 is 0 Å². The summed E-state index contributed by atoms with van der Waals surface area (Å²) < 4.78 is 18.5. The first-order valence-corrected chi connectivity index (χ1v) is 9.41. The molecule has 1 aromatic carbocycles. The molecule has 0 saturated heterocycles. The molecule has 0 unspecified atom stereocenters. The smallest absolute Gasteiger partial charge is 0.350 e. The fourth-order valence-corrected chi connectivity index (χ4v) is 3.65. The number of anilines is 3. The van der Waals surface area contributed by atoms with Gasteiger partial charge < -0.3 is 15.8 Å². The maximum Gasteiger partial charge on any atom is 0.350 e. The van der Waals surface area contributed by atoms with E-state index in [1.54, 1.807) is 19.1 Å². The van der Waals surface area contributed by atoms with Crippen LogP contribution in [0.1, 0.15) is 16.6 Å². The van der Waals surface area contributed by atoms with E-state index in [9.17, 15) is 9.18 Å². The van der Waals surface area contributed by atoms with Crippen LogP contribution >= 0.6 is 23.1 Å². The van der Waals surface area contributed by atoms with E-state index in [-0.39, 0.29) is 23.0 Å². The number of nitrogens with one attached hydrogen (secondary N) is 1. The number of thioether (sulfide) groups is 1. The van der Waals surface area contributed by atoms with Crippen LogP contribution in [0.4, 0.5) is 21.6 Å². The van der Waals surface area contributed by atoms with Gasteiger partial charge in [0, 0.05) is 5.69 Å². The molecule has 0 bridgehead atoms. The molecular formula is C16H15FN4O2S2. The summed E-state index contributed by atoms with van der Waals surface area (Å²) in [6.45, 7) is 1.98. The maximum atomic E-state index is 13.4. The fraction of sp³-hybridized carbons (Fsp3) is 0.188. The molecule has 0 aliphatic rings. The van der Waals surface area contributed by atoms with Crippen molar-refractivity contribution < 1.29 is 13.9 Å². The average Bonchev–Trinajstić information content (AvgIpc) is 2.92. The van der Waals surface area contributed by atoms with Crippen LogP contribution in [0.2, 0.25) is 0 Å². The Morgan fingerprint density at radius 3 is 2.92 bits per heavy atom. The van der Waals surface area contributed by atoms with E-state index in [0.717, 1.165) is 11.3 Å². The van der Waals surface area contributed by atoms with E-state index in [0.29, 0.717) is 26.9 Å². The second-order valence-electron chi connectivity index (χ2n) is 4.94. The molecule has 0 aliphatic carbocycles. The largest absolute Gasteiger partial charge is 0.462 e. The highest BCUT2D eigenvalue weighted by Gasteiger charge is 2.22. The monoisotopic (exact) mass is 378 g/mol. The summed E-state index contributed by atoms with van der Waals surface area (Å²) in [4.78, 5) is 21.8. The van der Waals surface area contributed by atoms with Gasteiger partial charge in [0.25, 0.3) is 0 Å². The van der Waals surface area contributed by atoms with Gasteiger partial charge in [0.15, 0.2) is 5.16 Å². The van der Waals surface area contributed by atoms with Gasteiger partial charge in [0.1, 0.15) is 21.3 Å². The molecule has 6 nitrogen and oxygen atoms in total. The van der Waals surface area contributed by atoms with Crippen LogP contribution in [0.3, 0.4) is 0 Å². The van der Waals surface area contributed by atoms with Crippen molar-refractivity contribution in [1.29, 1.82) is 0 Å². The van der Waals surface area contributed by atoms with Crippen molar-refractivity contribution >= 4 is 56.5 Å². The van der Waals surface area contributed by atoms with Gasteiger partial charge in [-0.1, -0.05) is 17.8 Å². The lowest BCUT2D eigenvalue weighted by Crippen LogP contribution is -2.05. The average molecular weight is 378 g/mol. The van der Waals surface area contributed by atoms with Crippen LogP contribution in [0, 0.1) is 5.82 Å². The molecule has 25 heavy (non-hydrogen) atoms. The van der Waals surface area contributed by atoms with Crippen molar-refractivity contribution in [2.45, 2.75) is 12.1 Å². The molecule has 0 spiro atoms. The molecule has 130 valence electrons. The van der Waals surface area contributed by atoms with E-state index in [2.05, 4.69) is 15.3 Å². The Bertz CT molecular complexity index is 945. The summed E-state index contributed by atoms with van der Waals surface area (Å²) in [7, 11) is 0. The van der Waals surface area contributed by atoms with E-state index in [1.165, 1.54) is 23.9 Å². The van der Waals surface area contributed by atoms with Crippen LogP contribution < -0.4 is 11.1 Å². The summed E-state index contributed by atoms with van der Waals surface area (Å²) in [5, 5.41) is 4.10. The van der Waals surface area contributed by atoms with Gasteiger partial charge in [-0.25, -0.2) is 19.2 Å². The van der Waals surface area contributed by atoms with Crippen LogP contribution in [-0.4, -0.2) is 28.8 Å². The Morgan fingerprint density at radius 2 is 2.24 bits per heavy atom. The van der Waals surface area contributed by atoms with Crippen LogP contribution in [0.25, 0.3) is 10.2 Å². The van der Waals surface area contributed by atoms with Gasteiger partial charge in [0.05, 0.1) is 17.7 Å². The highest BCUT2D eigenvalue weighted by atomic mass is 32.2. The number of hydrogen-bond acceptors (Lipinski definition) is 8. The van der Waals surface area contributed by atoms with Crippen molar-refractivity contribution in [1.82, 2.24) is 9.97 Å². The van der Waals surface area contributed by atoms with Crippen LogP contribution in [0.5, 0.6) is 0 Å². The lowest BCUT2D eigenvalue weighted by atomic mass is 10.2. The third kappa shape index (κ3) is 3.52. The molecule has 0 aliphatic heterocycles. The molecule has 0 radical (unpaired) electrons. The summed E-state index contributed by atoms with van der Waals surface area (Å²) in [5.74, 6) is -0.444. The molecule has 3 N–H and O–H groups in total. The SMILES string of the molecule is CCOC(=O)c1sc2nc(SC)nc(Nc3cccc(F)c3)c2c1N. The summed E-state index contributed by atoms with van der Waals surface area (Å²) in [5.41, 5.74) is 6.93. The minimum absolute atomic E-state index is 0.253. The number of nitrogens with two attached hydrogens (primary N) is 1. The zero-order valence-corrected chi connectivity index (χ0v) is 15.1. The number of nitrogens with zero attached hydrogens (tertiary/aromatic N) is 2. The fourth-order valence-electron chi connectivity index (χ4n) is 2.24. The number of nitrogen functional groups attached to an aromatic ring is 1. The second-order valence-corrected chi connectivity index (χ2v) is 6.71. The number of ether oxygens (including phenoxy) is 1. The number of carbonyl (C=O) groups excluding carboxylic acids is 1. The number of esters is 1. The van der Waals surface area contributed by atoms with Gasteiger partial charge in [-0.3, -0.25) is 0 Å². The van der Waals surface area contributed by atoms with Gasteiger partial charge >= 0.3 is 5.97 Å². The predicted molar refractivity (Wildman–Crippen MR) is 99.2 cm³/mol. The highest BCUT2D eigenvalue weighted by molar-refractivity contribution is 7.98. The first kappa shape index (κ1) is 17.4. The Morgan fingerprint density at radius 1 is 1.44 bits per heavy atom. The zero-order valence-electron chi connectivity index (χ0n) is 13.5. The lowest BCUT2D eigenvalue weighted by molar-refractivity contribution is 0.0533. The van der Waals surface area contributed by atoms with Gasteiger partial charge in [-0.05, 0) is 31.4 Å². The number of halogens is 1. The zero-order chi connectivity index (χ0) is 18.0. The number of hydrogen-bond donors (Lipinski definition) is 2. The van der Waals surface area contributed by atoms with Crippen LogP contribution in [0.15, 0.2) is 29.4 Å². The summed E-state index contributed by atoms with van der Waals surface area (Å²) in [6, 6.07) is 6.00. The molecule has 0 saturated carbocycles. The number of aromatic nitrogens is 2. The number of rotatable bonds is 5. The third-order valence-corrected chi connectivity index (χ3v) is 4.93. The Hall–Kier alpha value is -2.39. The molecule has 2 heterocycles. The topological polar surface area (TPSA) is 90.1 Å². The minimum atomic E-state index is -0.495. The predicted octanol–water partition coefficient (Wildman–Crippen LogP) is 4.05. The van der Waals surface area contributed by atoms with Gasteiger partial charge in [-0.15, -0.1) is 11.3 Å². The molecule has 3 aromatic rings. The lowest BCUT2D eigenvalue weighted by Gasteiger charge is -2.09. The van der Waals surface area contributed by atoms with E-state index in [4.69, 9.17) is 10.5 Å². The molecule has 0 fully saturated rings. The van der Waals surface area contributed by atoms with Crippen LogP contribution in [-0.2, 0) is 4.74 Å². The number of fused-ring (bicyclic) bond motifs is 1. The van der Waals surface area contributed by atoms with Crippen molar-refractivity contribution in [2.75, 3.05) is 23.9 Å². The highest BCUT2D eigenvalue weighted by Crippen LogP contribution is 2.38. The number of carbonyl (C=O) groups is 1. The first-order valence-electron chi connectivity index (χ1n) is 7.37. The molecule has 2 aromatic heterocycles. The van der Waals surface area contributed by atoms with Crippen molar-refractivity contribution in [2.24, 2.45) is 0 Å². The van der Waals surface area contributed by atoms with Gasteiger partial charge in [0.2, 0.25) is 0 Å². The molecule has 0 amide bonds. The molecule has 0 atom stereocenters. The van der Waals surface area contributed by atoms with Crippen molar-refractivity contribution in [3.8, 4) is 0 Å². The Kier molecular flexibility index (Phi) is 5.05. The molecule has 9 heteroatoms. The minimum Gasteiger partial charge on any atom is -0.462 e. The summed E-state index contributed by atoms with van der Waals surface area (Å²) >= 11 is 2.51. The molecular weight excluding hydrogens is 363 g/mol. The molecule has 3 rings (SSSR count). The van der Waals surface area contributed by atoms with E-state index < -0.39 is 5.97 Å². The second kappa shape index (κ2) is 7.24. The van der Waals surface area contributed by atoms with Gasteiger partial charge in [-0.2, -0.15) is 0 Å². The quantitative estimate of drug-likeness (QED) is 0.393. The number of benzene rings is 1. The van der Waals surface area contributed by atoms with E-state index in [1.807, 2.05) is 6.26 Å².